The standard InChI is InChI=1S/C15H21FN2O/c1-3-7-17-8-10-18(11-9-17)14-6-4-5-13(12(2)19)15(14)16/h4-6H,3,7-11H2,1-2H3. The summed E-state index contributed by atoms with van der Waals surface area (Å²) in [5.74, 6) is -0.595. The van der Waals surface area contributed by atoms with Gasteiger partial charge in [0.25, 0.3) is 0 Å². The van der Waals surface area contributed by atoms with E-state index >= 15 is 0 Å². The summed E-state index contributed by atoms with van der Waals surface area (Å²) in [4.78, 5) is 15.8. The Morgan fingerprint density at radius 2 is 1.95 bits per heavy atom. The van der Waals surface area contributed by atoms with Crippen LogP contribution in [0.15, 0.2) is 18.2 Å². The van der Waals surface area contributed by atoms with Gasteiger partial charge in [0.05, 0.1) is 11.3 Å². The molecule has 1 aromatic carbocycles. The van der Waals surface area contributed by atoms with Gasteiger partial charge < -0.3 is 4.90 Å². The van der Waals surface area contributed by atoms with E-state index in [1.165, 1.54) is 6.92 Å². The Kier molecular flexibility index (Phi) is 4.53. The van der Waals surface area contributed by atoms with Crippen LogP contribution in [0.3, 0.4) is 0 Å². The number of carbonyl (C=O) groups is 1. The van der Waals surface area contributed by atoms with E-state index in [1.807, 2.05) is 4.90 Å². The van der Waals surface area contributed by atoms with Crippen LogP contribution in [0.5, 0.6) is 0 Å². The molecule has 2 rings (SSSR count). The van der Waals surface area contributed by atoms with Crippen LogP contribution < -0.4 is 4.90 Å². The van der Waals surface area contributed by atoms with E-state index in [9.17, 15) is 9.18 Å². The minimum atomic E-state index is -0.376. The van der Waals surface area contributed by atoms with Gasteiger partial charge in [-0.15, -0.1) is 0 Å². The van der Waals surface area contributed by atoms with Gasteiger partial charge >= 0.3 is 0 Å². The topological polar surface area (TPSA) is 23.6 Å². The van der Waals surface area contributed by atoms with Crippen molar-refractivity contribution >= 4 is 11.5 Å². The van der Waals surface area contributed by atoms with E-state index in [-0.39, 0.29) is 17.2 Å². The van der Waals surface area contributed by atoms with Crippen molar-refractivity contribution in [2.75, 3.05) is 37.6 Å². The average molecular weight is 264 g/mol. The van der Waals surface area contributed by atoms with E-state index < -0.39 is 0 Å². The van der Waals surface area contributed by atoms with Gasteiger partial charge in [-0.25, -0.2) is 4.39 Å². The van der Waals surface area contributed by atoms with E-state index in [0.29, 0.717) is 5.69 Å². The molecule has 1 aliphatic rings. The molecule has 104 valence electrons. The monoisotopic (exact) mass is 264 g/mol. The molecular weight excluding hydrogens is 243 g/mol. The molecule has 3 nitrogen and oxygen atoms in total. The van der Waals surface area contributed by atoms with Crippen LogP contribution >= 0.6 is 0 Å². The lowest BCUT2D eigenvalue weighted by atomic mass is 10.1. The number of Topliss-reactive ketones (excluding diaryl/α,β-unsaturated/α-hetero) is 1. The SMILES string of the molecule is CCCN1CCN(c2cccc(C(C)=O)c2F)CC1. The van der Waals surface area contributed by atoms with Gasteiger partial charge in [0.2, 0.25) is 0 Å². The zero-order valence-corrected chi connectivity index (χ0v) is 11.7. The van der Waals surface area contributed by atoms with Crippen LogP contribution in [0.25, 0.3) is 0 Å². The fourth-order valence-electron chi connectivity index (χ4n) is 2.56. The molecule has 0 N–H and O–H groups in total. The molecule has 0 bridgehead atoms. The van der Waals surface area contributed by atoms with Crippen LogP contribution in [0.2, 0.25) is 0 Å². The zero-order valence-electron chi connectivity index (χ0n) is 11.7. The van der Waals surface area contributed by atoms with Crippen LogP contribution in [-0.4, -0.2) is 43.4 Å². The van der Waals surface area contributed by atoms with Gasteiger partial charge in [0.15, 0.2) is 11.6 Å². The Morgan fingerprint density at radius 3 is 2.53 bits per heavy atom. The second kappa shape index (κ2) is 6.15. The summed E-state index contributed by atoms with van der Waals surface area (Å²) in [6, 6.07) is 5.07. The summed E-state index contributed by atoms with van der Waals surface area (Å²) < 4.78 is 14.3. The molecule has 0 saturated carbocycles. The number of ketones is 1. The van der Waals surface area contributed by atoms with Crippen molar-refractivity contribution < 1.29 is 9.18 Å². The lowest BCUT2D eigenvalue weighted by molar-refractivity contribution is 0.101. The first kappa shape index (κ1) is 14.0. The molecule has 0 aromatic heterocycles. The number of nitrogens with zero attached hydrogens (tertiary/aromatic N) is 2. The Balaban J connectivity index is 2.11. The van der Waals surface area contributed by atoms with E-state index in [1.54, 1.807) is 18.2 Å². The smallest absolute Gasteiger partial charge is 0.162 e. The maximum absolute atomic E-state index is 14.3. The highest BCUT2D eigenvalue weighted by atomic mass is 19.1. The Morgan fingerprint density at radius 1 is 1.26 bits per heavy atom. The predicted molar refractivity (Wildman–Crippen MR) is 75.3 cm³/mol. The Labute approximate surface area is 114 Å². The first-order valence-electron chi connectivity index (χ1n) is 6.90. The highest BCUT2D eigenvalue weighted by molar-refractivity contribution is 5.95. The summed E-state index contributed by atoms with van der Waals surface area (Å²) >= 11 is 0. The minimum Gasteiger partial charge on any atom is -0.367 e. The van der Waals surface area contributed by atoms with Crippen molar-refractivity contribution in [3.8, 4) is 0 Å². The molecule has 1 aliphatic heterocycles. The number of anilines is 1. The van der Waals surface area contributed by atoms with Crippen LogP contribution in [0.1, 0.15) is 30.6 Å². The number of hydrogen-bond acceptors (Lipinski definition) is 3. The van der Waals surface area contributed by atoms with Crippen molar-refractivity contribution in [2.24, 2.45) is 0 Å². The van der Waals surface area contributed by atoms with E-state index in [2.05, 4.69) is 11.8 Å². The lowest BCUT2D eigenvalue weighted by Crippen LogP contribution is -2.46. The first-order chi connectivity index (χ1) is 9.13. The number of benzene rings is 1. The van der Waals surface area contributed by atoms with Gasteiger partial charge in [-0.05, 0) is 32.0 Å². The van der Waals surface area contributed by atoms with Crippen molar-refractivity contribution in [3.05, 3.63) is 29.6 Å². The lowest BCUT2D eigenvalue weighted by Gasteiger charge is -2.36. The molecule has 1 aromatic rings. The van der Waals surface area contributed by atoms with Crippen molar-refractivity contribution in [2.45, 2.75) is 20.3 Å². The van der Waals surface area contributed by atoms with Gasteiger partial charge in [0.1, 0.15) is 0 Å². The van der Waals surface area contributed by atoms with E-state index in [4.69, 9.17) is 0 Å². The second-order valence-corrected chi connectivity index (χ2v) is 5.02. The third-order valence-corrected chi connectivity index (χ3v) is 3.61. The number of rotatable bonds is 4. The molecule has 0 radical (unpaired) electrons. The summed E-state index contributed by atoms with van der Waals surface area (Å²) in [6.45, 7) is 8.22. The highest BCUT2D eigenvalue weighted by Crippen LogP contribution is 2.23. The number of hydrogen-bond donors (Lipinski definition) is 0. The quantitative estimate of drug-likeness (QED) is 0.781. The molecule has 0 atom stereocenters. The minimum absolute atomic E-state index is 0.188. The fourth-order valence-corrected chi connectivity index (χ4v) is 2.56. The molecular formula is C15H21FN2O. The molecule has 0 unspecified atom stereocenters. The molecule has 1 fully saturated rings. The molecule has 1 heterocycles. The Hall–Kier alpha value is -1.42. The first-order valence-corrected chi connectivity index (χ1v) is 6.90. The number of piperazine rings is 1. The van der Waals surface area contributed by atoms with Crippen LogP contribution in [0, 0.1) is 5.82 Å². The van der Waals surface area contributed by atoms with Gasteiger partial charge in [0, 0.05) is 26.2 Å². The summed E-state index contributed by atoms with van der Waals surface area (Å²) in [5, 5.41) is 0. The Bertz CT molecular complexity index is 453. The van der Waals surface area contributed by atoms with Gasteiger partial charge in [-0.2, -0.15) is 0 Å². The summed E-state index contributed by atoms with van der Waals surface area (Å²) in [6.07, 6.45) is 1.15. The predicted octanol–water partition coefficient (Wildman–Crippen LogP) is 2.56. The zero-order chi connectivity index (χ0) is 13.8. The van der Waals surface area contributed by atoms with Gasteiger partial charge in [-0.1, -0.05) is 13.0 Å². The summed E-state index contributed by atoms with van der Waals surface area (Å²) in [7, 11) is 0. The maximum atomic E-state index is 14.3. The fraction of sp³-hybridized carbons (Fsp3) is 0.533. The summed E-state index contributed by atoms with van der Waals surface area (Å²) in [5.41, 5.74) is 0.748. The van der Waals surface area contributed by atoms with E-state index in [0.717, 1.165) is 39.1 Å². The molecule has 19 heavy (non-hydrogen) atoms. The van der Waals surface area contributed by atoms with Gasteiger partial charge in [-0.3, -0.25) is 9.69 Å². The normalized spacial score (nSPS) is 16.7. The molecule has 0 amide bonds. The largest absolute Gasteiger partial charge is 0.367 e. The molecule has 1 saturated heterocycles. The molecule has 0 aliphatic carbocycles. The van der Waals surface area contributed by atoms with Crippen molar-refractivity contribution in [3.63, 3.8) is 0 Å². The molecule has 4 heteroatoms. The third kappa shape index (κ3) is 3.13. The van der Waals surface area contributed by atoms with Crippen molar-refractivity contribution in [1.29, 1.82) is 0 Å². The highest BCUT2D eigenvalue weighted by Gasteiger charge is 2.21. The average Bonchev–Trinajstić information content (AvgIpc) is 2.40. The van der Waals surface area contributed by atoms with Crippen molar-refractivity contribution in [1.82, 2.24) is 4.90 Å². The maximum Gasteiger partial charge on any atom is 0.162 e. The number of halogens is 1. The van der Waals surface area contributed by atoms with Crippen LogP contribution in [-0.2, 0) is 0 Å². The number of carbonyl (C=O) groups excluding carboxylic acids is 1. The molecule has 0 spiro atoms. The van der Waals surface area contributed by atoms with Crippen LogP contribution in [0.4, 0.5) is 10.1 Å². The third-order valence-electron chi connectivity index (χ3n) is 3.61. The second-order valence-electron chi connectivity index (χ2n) is 5.02.